The summed E-state index contributed by atoms with van der Waals surface area (Å²) < 4.78 is 27.1. The third kappa shape index (κ3) is 5.99. The summed E-state index contributed by atoms with van der Waals surface area (Å²) in [6, 6.07) is -0.132. The maximum absolute atomic E-state index is 11.7. The quantitative estimate of drug-likeness (QED) is 0.675. The molecule has 0 saturated heterocycles. The lowest BCUT2D eigenvalue weighted by molar-refractivity contribution is -0.138. The number of rotatable bonds is 8. The van der Waals surface area contributed by atoms with Crippen LogP contribution in [0.25, 0.3) is 0 Å². The molecule has 102 valence electrons. The van der Waals surface area contributed by atoms with Gasteiger partial charge in [-0.25, -0.2) is 4.72 Å². The number of carbonyl (C=O) groups is 1. The third-order valence-corrected chi connectivity index (χ3v) is 4.41. The summed E-state index contributed by atoms with van der Waals surface area (Å²) in [5, 5.41) is 8.65. The molecule has 0 spiro atoms. The zero-order chi connectivity index (χ0) is 13.6. The van der Waals surface area contributed by atoms with E-state index in [0.29, 0.717) is 6.42 Å². The molecule has 0 bridgehead atoms. The molecule has 17 heavy (non-hydrogen) atoms. The fourth-order valence-electron chi connectivity index (χ4n) is 1.21. The number of aliphatic carboxylic acids is 1. The zero-order valence-corrected chi connectivity index (χ0v) is 11.6. The van der Waals surface area contributed by atoms with Crippen molar-refractivity contribution in [2.24, 2.45) is 5.92 Å². The van der Waals surface area contributed by atoms with Gasteiger partial charge in [0, 0.05) is 26.1 Å². The van der Waals surface area contributed by atoms with E-state index in [4.69, 9.17) is 5.11 Å². The normalized spacial score (nSPS) is 14.2. The van der Waals surface area contributed by atoms with Crippen molar-refractivity contribution in [1.82, 2.24) is 9.03 Å². The van der Waals surface area contributed by atoms with Crippen LogP contribution in [-0.2, 0) is 15.0 Å². The molecule has 1 atom stereocenters. The van der Waals surface area contributed by atoms with Gasteiger partial charge in [0.2, 0.25) is 0 Å². The molecule has 2 N–H and O–H groups in total. The summed E-state index contributed by atoms with van der Waals surface area (Å²) in [5.41, 5.74) is 0. The molecule has 0 aliphatic heterocycles. The monoisotopic (exact) mass is 266 g/mol. The highest BCUT2D eigenvalue weighted by atomic mass is 32.2. The number of carboxylic acid groups (broad SMARTS) is 1. The van der Waals surface area contributed by atoms with Crippen molar-refractivity contribution >= 4 is 16.2 Å². The van der Waals surface area contributed by atoms with E-state index in [9.17, 15) is 13.2 Å². The number of hydrogen-bond acceptors (Lipinski definition) is 3. The molecule has 0 radical (unpaired) electrons. The topological polar surface area (TPSA) is 86.7 Å². The van der Waals surface area contributed by atoms with Crippen molar-refractivity contribution in [3.05, 3.63) is 0 Å². The highest BCUT2D eigenvalue weighted by Gasteiger charge is 2.21. The minimum absolute atomic E-state index is 0.0234. The molecule has 0 amide bonds. The van der Waals surface area contributed by atoms with E-state index < -0.39 is 16.2 Å². The van der Waals surface area contributed by atoms with Crippen molar-refractivity contribution in [2.45, 2.75) is 39.7 Å². The average Bonchev–Trinajstić information content (AvgIpc) is 2.22. The summed E-state index contributed by atoms with van der Waals surface area (Å²) >= 11 is 0. The molecule has 0 aliphatic rings. The Bertz CT molecular complexity index is 340. The molecule has 1 unspecified atom stereocenters. The molecule has 6 nitrogen and oxygen atoms in total. The predicted molar refractivity (Wildman–Crippen MR) is 65.9 cm³/mol. The molecular formula is C10H22N2O4S. The zero-order valence-electron chi connectivity index (χ0n) is 10.8. The van der Waals surface area contributed by atoms with Crippen LogP contribution in [0.4, 0.5) is 0 Å². The second-order valence-electron chi connectivity index (χ2n) is 4.34. The minimum atomic E-state index is -3.51. The molecule has 0 aliphatic carbocycles. The summed E-state index contributed by atoms with van der Waals surface area (Å²) in [7, 11) is -2.02. The highest BCUT2D eigenvalue weighted by Crippen LogP contribution is 2.08. The highest BCUT2D eigenvalue weighted by molar-refractivity contribution is 7.87. The van der Waals surface area contributed by atoms with Crippen molar-refractivity contribution < 1.29 is 18.3 Å². The van der Waals surface area contributed by atoms with Crippen LogP contribution in [-0.4, -0.2) is 43.4 Å². The van der Waals surface area contributed by atoms with Crippen LogP contribution in [0.5, 0.6) is 0 Å². The second-order valence-corrected chi connectivity index (χ2v) is 6.15. The van der Waals surface area contributed by atoms with Crippen LogP contribution in [0, 0.1) is 5.92 Å². The van der Waals surface area contributed by atoms with Gasteiger partial charge in [0.25, 0.3) is 10.2 Å². The van der Waals surface area contributed by atoms with Crippen LogP contribution in [0.3, 0.4) is 0 Å². The largest absolute Gasteiger partial charge is 0.481 e. The molecule has 0 heterocycles. The SMILES string of the molecule is CCC(CNS(=O)(=O)N(C)C(C)C)CC(=O)O. The summed E-state index contributed by atoms with van der Waals surface area (Å²) in [4.78, 5) is 10.5. The van der Waals surface area contributed by atoms with Crippen LogP contribution in [0.1, 0.15) is 33.6 Å². The van der Waals surface area contributed by atoms with Crippen molar-refractivity contribution in [1.29, 1.82) is 0 Å². The predicted octanol–water partition coefficient (Wildman–Crippen LogP) is 0.662. The Balaban J connectivity index is 4.39. The van der Waals surface area contributed by atoms with Crippen LogP contribution >= 0.6 is 0 Å². The average molecular weight is 266 g/mol. The first-order chi connectivity index (χ1) is 7.70. The lowest BCUT2D eigenvalue weighted by Crippen LogP contribution is -2.43. The third-order valence-electron chi connectivity index (χ3n) is 2.70. The fraction of sp³-hybridized carbons (Fsp3) is 0.900. The van der Waals surface area contributed by atoms with Gasteiger partial charge in [-0.05, 0) is 19.8 Å². The van der Waals surface area contributed by atoms with Crippen LogP contribution in [0.15, 0.2) is 0 Å². The first kappa shape index (κ1) is 16.3. The minimum Gasteiger partial charge on any atom is -0.481 e. The van der Waals surface area contributed by atoms with Gasteiger partial charge in [-0.2, -0.15) is 12.7 Å². The van der Waals surface area contributed by atoms with Crippen molar-refractivity contribution in [2.75, 3.05) is 13.6 Å². The van der Waals surface area contributed by atoms with E-state index in [2.05, 4.69) is 4.72 Å². The van der Waals surface area contributed by atoms with E-state index in [1.165, 1.54) is 11.4 Å². The van der Waals surface area contributed by atoms with E-state index >= 15 is 0 Å². The Morgan fingerprint density at radius 3 is 2.29 bits per heavy atom. The summed E-state index contributed by atoms with van der Waals surface area (Å²) in [6.07, 6.45) is 0.602. The van der Waals surface area contributed by atoms with Crippen LogP contribution < -0.4 is 4.72 Å². The Labute approximate surface area is 103 Å². The number of hydrogen-bond donors (Lipinski definition) is 2. The molecule has 0 fully saturated rings. The van der Waals surface area contributed by atoms with E-state index in [-0.39, 0.29) is 24.9 Å². The Morgan fingerprint density at radius 2 is 1.94 bits per heavy atom. The fourth-order valence-corrected chi connectivity index (χ4v) is 2.42. The van der Waals surface area contributed by atoms with E-state index in [1.54, 1.807) is 13.8 Å². The van der Waals surface area contributed by atoms with Gasteiger partial charge in [-0.15, -0.1) is 0 Å². The molecule has 0 aromatic carbocycles. The standard InChI is InChI=1S/C10H22N2O4S/c1-5-9(6-10(13)14)7-11-17(15,16)12(4)8(2)3/h8-9,11H,5-7H2,1-4H3,(H,13,14). The molecule has 0 rings (SSSR count). The molecule has 7 heteroatoms. The lowest BCUT2D eigenvalue weighted by Gasteiger charge is -2.22. The smallest absolute Gasteiger partial charge is 0.303 e. The Morgan fingerprint density at radius 1 is 1.41 bits per heavy atom. The molecule has 0 saturated carbocycles. The first-order valence-corrected chi connectivity index (χ1v) is 7.09. The Hall–Kier alpha value is -0.660. The van der Waals surface area contributed by atoms with Gasteiger partial charge in [0.05, 0.1) is 0 Å². The van der Waals surface area contributed by atoms with Gasteiger partial charge in [0.1, 0.15) is 0 Å². The van der Waals surface area contributed by atoms with Gasteiger partial charge in [-0.1, -0.05) is 13.3 Å². The van der Waals surface area contributed by atoms with Gasteiger partial charge in [0.15, 0.2) is 0 Å². The maximum atomic E-state index is 11.7. The van der Waals surface area contributed by atoms with Gasteiger partial charge in [-0.3, -0.25) is 4.79 Å². The second kappa shape index (κ2) is 6.93. The van der Waals surface area contributed by atoms with Crippen LogP contribution in [0.2, 0.25) is 0 Å². The lowest BCUT2D eigenvalue weighted by atomic mass is 10.0. The van der Waals surface area contributed by atoms with E-state index in [0.717, 1.165) is 0 Å². The Kier molecular flexibility index (Phi) is 6.66. The van der Waals surface area contributed by atoms with E-state index in [1.807, 2.05) is 6.92 Å². The summed E-state index contributed by atoms with van der Waals surface area (Å²) in [6.45, 7) is 5.54. The molecule has 0 aromatic rings. The van der Waals surface area contributed by atoms with Crippen molar-refractivity contribution in [3.8, 4) is 0 Å². The maximum Gasteiger partial charge on any atom is 0.303 e. The number of nitrogens with one attached hydrogen (secondary N) is 1. The van der Waals surface area contributed by atoms with Gasteiger partial charge < -0.3 is 5.11 Å². The first-order valence-electron chi connectivity index (χ1n) is 5.65. The number of carboxylic acids is 1. The molecular weight excluding hydrogens is 244 g/mol. The van der Waals surface area contributed by atoms with Crippen molar-refractivity contribution in [3.63, 3.8) is 0 Å². The number of nitrogens with zero attached hydrogens (tertiary/aromatic N) is 1. The molecule has 0 aromatic heterocycles. The van der Waals surface area contributed by atoms with Gasteiger partial charge >= 0.3 is 5.97 Å². The summed E-state index contributed by atoms with van der Waals surface area (Å²) in [5.74, 6) is -1.09.